The van der Waals surface area contributed by atoms with Gasteiger partial charge in [0.25, 0.3) is 0 Å². The number of rotatable bonds is 4. The summed E-state index contributed by atoms with van der Waals surface area (Å²) < 4.78 is 1.29. The fraction of sp³-hybridized carbons (Fsp3) is 0.529. The van der Waals surface area contributed by atoms with E-state index in [1.807, 2.05) is 11.3 Å². The van der Waals surface area contributed by atoms with Crippen molar-refractivity contribution in [1.82, 2.24) is 10.2 Å². The molecule has 2 aliphatic rings. The molecule has 0 unspecified atom stereocenters. The van der Waals surface area contributed by atoms with Gasteiger partial charge in [-0.15, -0.1) is 11.3 Å². The highest BCUT2D eigenvalue weighted by Crippen LogP contribution is 2.35. The number of halogens is 1. The van der Waals surface area contributed by atoms with E-state index in [9.17, 15) is 0 Å². The predicted octanol–water partition coefficient (Wildman–Crippen LogP) is 4.27. The number of benzene rings is 1. The van der Waals surface area contributed by atoms with E-state index in [0.29, 0.717) is 6.04 Å². The van der Waals surface area contributed by atoms with E-state index >= 15 is 0 Å². The first-order chi connectivity index (χ1) is 10.3. The minimum atomic E-state index is 0.654. The fourth-order valence-electron chi connectivity index (χ4n) is 3.32. The number of hydrogen-bond donors (Lipinski definition) is 1. The second kappa shape index (κ2) is 5.88. The Hall–Kier alpha value is -0.610. The van der Waals surface area contributed by atoms with Gasteiger partial charge in [0.05, 0.1) is 5.02 Å². The molecule has 112 valence electrons. The number of thiophene rings is 1. The molecule has 0 amide bonds. The predicted molar refractivity (Wildman–Crippen MR) is 91.3 cm³/mol. The molecule has 1 aromatic carbocycles. The average molecular weight is 321 g/mol. The summed E-state index contributed by atoms with van der Waals surface area (Å²) in [7, 11) is 0. The molecule has 0 bridgehead atoms. The highest BCUT2D eigenvalue weighted by atomic mass is 35.5. The molecule has 0 atom stereocenters. The monoisotopic (exact) mass is 320 g/mol. The molecule has 0 radical (unpaired) electrons. The van der Waals surface area contributed by atoms with Crippen molar-refractivity contribution in [3.8, 4) is 0 Å². The minimum absolute atomic E-state index is 0.654. The van der Waals surface area contributed by atoms with Gasteiger partial charge < -0.3 is 10.2 Å². The smallest absolute Gasteiger partial charge is 0.0636 e. The second-order valence-electron chi connectivity index (χ2n) is 6.26. The molecule has 2 fully saturated rings. The maximum Gasteiger partial charge on any atom is 0.0636 e. The number of likely N-dealkylation sites (tertiary alicyclic amines) is 1. The van der Waals surface area contributed by atoms with Gasteiger partial charge in [-0.05, 0) is 44.8 Å². The second-order valence-corrected chi connectivity index (χ2v) is 7.77. The summed E-state index contributed by atoms with van der Waals surface area (Å²) in [4.78, 5) is 3.95. The van der Waals surface area contributed by atoms with Crippen molar-refractivity contribution >= 4 is 33.0 Å². The van der Waals surface area contributed by atoms with Crippen molar-refractivity contribution in [2.24, 2.45) is 0 Å². The molecule has 1 saturated carbocycles. The van der Waals surface area contributed by atoms with Gasteiger partial charge in [0.15, 0.2) is 0 Å². The van der Waals surface area contributed by atoms with E-state index in [1.165, 1.54) is 53.7 Å². The largest absolute Gasteiger partial charge is 0.309 e. The van der Waals surface area contributed by atoms with E-state index in [2.05, 4.69) is 34.5 Å². The van der Waals surface area contributed by atoms with Crippen LogP contribution in [-0.4, -0.2) is 30.1 Å². The Balaban J connectivity index is 1.36. The molecule has 0 spiro atoms. The molecule has 1 N–H and O–H groups in total. The van der Waals surface area contributed by atoms with E-state index in [1.54, 1.807) is 0 Å². The van der Waals surface area contributed by atoms with E-state index in [0.717, 1.165) is 17.6 Å². The Morgan fingerprint density at radius 3 is 2.62 bits per heavy atom. The minimum Gasteiger partial charge on any atom is -0.309 e. The normalized spacial score (nSPS) is 21.2. The van der Waals surface area contributed by atoms with Crippen molar-refractivity contribution in [3.05, 3.63) is 34.2 Å². The third kappa shape index (κ3) is 2.98. The summed E-state index contributed by atoms with van der Waals surface area (Å²) in [6.07, 6.45) is 5.41. The van der Waals surface area contributed by atoms with Gasteiger partial charge in [0.2, 0.25) is 0 Å². The molecule has 1 aliphatic carbocycles. The first kappa shape index (κ1) is 14.0. The lowest BCUT2D eigenvalue weighted by atomic mass is 10.0. The molecule has 1 aromatic heterocycles. The number of hydrogen-bond acceptors (Lipinski definition) is 3. The average Bonchev–Trinajstić information content (AvgIpc) is 3.32. The van der Waals surface area contributed by atoms with Crippen LogP contribution in [0, 0.1) is 0 Å². The van der Waals surface area contributed by atoms with Gasteiger partial charge in [-0.2, -0.15) is 0 Å². The molecule has 4 heteroatoms. The van der Waals surface area contributed by atoms with Crippen LogP contribution in [-0.2, 0) is 6.54 Å². The number of fused-ring (bicyclic) bond motifs is 1. The Bertz CT molecular complexity index is 627. The van der Waals surface area contributed by atoms with Crippen molar-refractivity contribution in [2.45, 2.75) is 44.3 Å². The Kier molecular flexibility index (Phi) is 3.92. The zero-order valence-corrected chi connectivity index (χ0v) is 13.7. The van der Waals surface area contributed by atoms with Crippen LogP contribution < -0.4 is 5.32 Å². The molecule has 4 rings (SSSR count). The van der Waals surface area contributed by atoms with Crippen LogP contribution in [0.25, 0.3) is 10.1 Å². The van der Waals surface area contributed by atoms with E-state index in [-0.39, 0.29) is 0 Å². The van der Waals surface area contributed by atoms with Crippen LogP contribution in [0.1, 0.15) is 30.6 Å². The molecule has 2 heterocycles. The molecule has 21 heavy (non-hydrogen) atoms. The summed E-state index contributed by atoms with van der Waals surface area (Å²) in [5.74, 6) is 0. The first-order valence-electron chi connectivity index (χ1n) is 7.94. The maximum absolute atomic E-state index is 6.51. The lowest BCUT2D eigenvalue weighted by Crippen LogP contribution is -2.43. The molecule has 1 saturated heterocycles. The summed E-state index contributed by atoms with van der Waals surface area (Å²) in [5, 5.41) is 5.86. The Labute approximate surface area is 135 Å². The number of nitrogens with zero attached hydrogens (tertiary/aromatic N) is 1. The van der Waals surface area contributed by atoms with Crippen LogP contribution >= 0.6 is 22.9 Å². The van der Waals surface area contributed by atoms with Crippen molar-refractivity contribution in [3.63, 3.8) is 0 Å². The number of piperidine rings is 1. The zero-order chi connectivity index (χ0) is 14.2. The van der Waals surface area contributed by atoms with E-state index in [4.69, 9.17) is 11.6 Å². The van der Waals surface area contributed by atoms with Crippen molar-refractivity contribution in [2.75, 3.05) is 13.1 Å². The third-order valence-corrected chi connectivity index (χ3v) is 6.46. The summed E-state index contributed by atoms with van der Waals surface area (Å²) in [5.41, 5.74) is 0. The molecule has 1 aliphatic heterocycles. The van der Waals surface area contributed by atoms with E-state index < -0.39 is 0 Å². The molecular formula is C17H21ClN2S. The van der Waals surface area contributed by atoms with Gasteiger partial charge in [-0.1, -0.05) is 29.8 Å². The van der Waals surface area contributed by atoms with Crippen LogP contribution in [0.15, 0.2) is 24.3 Å². The Morgan fingerprint density at radius 1 is 1.14 bits per heavy atom. The van der Waals surface area contributed by atoms with Crippen LogP contribution in [0.2, 0.25) is 5.02 Å². The van der Waals surface area contributed by atoms with Gasteiger partial charge in [-0.25, -0.2) is 0 Å². The van der Waals surface area contributed by atoms with Gasteiger partial charge >= 0.3 is 0 Å². The van der Waals surface area contributed by atoms with Crippen molar-refractivity contribution < 1.29 is 0 Å². The summed E-state index contributed by atoms with van der Waals surface area (Å²) in [6.45, 7) is 3.44. The summed E-state index contributed by atoms with van der Waals surface area (Å²) >= 11 is 8.33. The standard InChI is InChI=1S/C17H21ClN2S/c18-17-14-3-1-2-4-15(14)21-16(17)11-19-12-7-9-20(10-8-12)13-5-6-13/h1-4,12-13,19H,5-11H2. The SMILES string of the molecule is Clc1c(CNC2CCN(C3CC3)CC2)sc2ccccc12. The number of nitrogens with one attached hydrogen (secondary N) is 1. The fourth-order valence-corrected chi connectivity index (χ4v) is 4.77. The molecular weight excluding hydrogens is 300 g/mol. The lowest BCUT2D eigenvalue weighted by Gasteiger charge is -2.32. The van der Waals surface area contributed by atoms with Gasteiger partial charge in [0.1, 0.15) is 0 Å². The topological polar surface area (TPSA) is 15.3 Å². The maximum atomic E-state index is 6.51. The zero-order valence-electron chi connectivity index (χ0n) is 12.1. The Morgan fingerprint density at radius 2 is 1.90 bits per heavy atom. The molecule has 2 nitrogen and oxygen atoms in total. The first-order valence-corrected chi connectivity index (χ1v) is 9.14. The van der Waals surface area contributed by atoms with Crippen LogP contribution in [0.3, 0.4) is 0 Å². The highest BCUT2D eigenvalue weighted by Gasteiger charge is 2.31. The quantitative estimate of drug-likeness (QED) is 0.905. The van der Waals surface area contributed by atoms with Gasteiger partial charge in [-0.3, -0.25) is 0 Å². The summed E-state index contributed by atoms with van der Waals surface area (Å²) in [6, 6.07) is 9.99. The third-order valence-electron chi connectivity index (χ3n) is 4.75. The lowest BCUT2D eigenvalue weighted by molar-refractivity contribution is 0.189. The van der Waals surface area contributed by atoms with Crippen LogP contribution in [0.4, 0.5) is 0 Å². The highest BCUT2D eigenvalue weighted by molar-refractivity contribution is 7.19. The molecule has 2 aromatic rings. The van der Waals surface area contributed by atoms with Gasteiger partial charge in [0, 0.05) is 33.6 Å². The van der Waals surface area contributed by atoms with Crippen molar-refractivity contribution in [1.29, 1.82) is 0 Å². The van der Waals surface area contributed by atoms with Crippen LogP contribution in [0.5, 0.6) is 0 Å².